The Hall–Kier alpha value is -3.52. The molecule has 0 saturated heterocycles. The Balaban J connectivity index is 1.64. The van der Waals surface area contributed by atoms with E-state index < -0.39 is 11.7 Å². The molecule has 0 unspecified atom stereocenters. The van der Waals surface area contributed by atoms with Gasteiger partial charge in [0.1, 0.15) is 0 Å². The predicted octanol–water partition coefficient (Wildman–Crippen LogP) is 2.89. The Morgan fingerprint density at radius 2 is 1.78 bits per heavy atom. The summed E-state index contributed by atoms with van der Waals surface area (Å²) < 4.78 is 0. The van der Waals surface area contributed by atoms with Crippen LogP contribution in [0.5, 0.6) is 0 Å². The van der Waals surface area contributed by atoms with Gasteiger partial charge in [-0.25, -0.2) is 0 Å². The number of amides is 1. The van der Waals surface area contributed by atoms with E-state index in [1.165, 1.54) is 0 Å². The van der Waals surface area contributed by atoms with Gasteiger partial charge in [-0.15, -0.1) is 0 Å². The van der Waals surface area contributed by atoms with Crippen molar-refractivity contribution in [1.29, 1.82) is 0 Å². The minimum absolute atomic E-state index is 0.113. The Morgan fingerprint density at radius 1 is 1.07 bits per heavy atom. The highest BCUT2D eigenvalue weighted by atomic mass is 16.2. The van der Waals surface area contributed by atoms with Crippen LogP contribution in [0.3, 0.4) is 0 Å². The number of carbonyl (C=O) groups excluding carboxylic acids is 2. The first kappa shape index (κ1) is 18.3. The minimum Gasteiger partial charge on any atom is -0.378 e. The third-order valence-corrected chi connectivity index (χ3v) is 4.28. The van der Waals surface area contributed by atoms with E-state index in [1.54, 1.807) is 6.92 Å². The molecule has 5 heteroatoms. The van der Waals surface area contributed by atoms with Gasteiger partial charge < -0.3 is 15.2 Å². The highest BCUT2D eigenvalue weighted by molar-refractivity contribution is 6.45. The molecule has 2 aromatic carbocycles. The number of ketones is 1. The van der Waals surface area contributed by atoms with E-state index in [0.717, 1.165) is 22.2 Å². The molecule has 136 valence electrons. The first-order valence-corrected chi connectivity index (χ1v) is 8.63. The van der Waals surface area contributed by atoms with Crippen molar-refractivity contribution in [1.82, 2.24) is 10.3 Å². The van der Waals surface area contributed by atoms with Crippen molar-refractivity contribution in [2.75, 3.05) is 25.5 Å². The van der Waals surface area contributed by atoms with Crippen molar-refractivity contribution >= 4 is 28.3 Å². The van der Waals surface area contributed by atoms with E-state index in [1.807, 2.05) is 67.5 Å². The van der Waals surface area contributed by atoms with Gasteiger partial charge in [0.15, 0.2) is 0 Å². The van der Waals surface area contributed by atoms with Gasteiger partial charge in [-0.3, -0.25) is 9.59 Å². The SMILES string of the molecule is Cc1[nH]c2ccccc2c1C(=O)C(=O)NCC#Cc1ccc(N(C)C)cc1. The highest BCUT2D eigenvalue weighted by Gasteiger charge is 2.21. The molecule has 0 bridgehead atoms. The highest BCUT2D eigenvalue weighted by Crippen LogP contribution is 2.22. The minimum atomic E-state index is -0.653. The zero-order chi connectivity index (χ0) is 19.4. The van der Waals surface area contributed by atoms with Gasteiger partial charge in [-0.1, -0.05) is 30.0 Å². The number of nitrogens with one attached hydrogen (secondary N) is 2. The number of fused-ring (bicyclic) bond motifs is 1. The molecule has 0 atom stereocenters. The first-order valence-electron chi connectivity index (χ1n) is 8.63. The van der Waals surface area contributed by atoms with E-state index in [2.05, 4.69) is 22.1 Å². The number of aromatic amines is 1. The van der Waals surface area contributed by atoms with Crippen molar-refractivity contribution in [3.8, 4) is 11.8 Å². The van der Waals surface area contributed by atoms with E-state index in [0.29, 0.717) is 11.3 Å². The number of nitrogens with zero attached hydrogens (tertiary/aromatic N) is 1. The quantitative estimate of drug-likeness (QED) is 0.428. The molecule has 1 aromatic heterocycles. The summed E-state index contributed by atoms with van der Waals surface area (Å²) in [6.07, 6.45) is 0. The second kappa shape index (κ2) is 7.79. The Labute approximate surface area is 158 Å². The molecule has 0 spiro atoms. The number of aromatic nitrogens is 1. The third kappa shape index (κ3) is 4.01. The van der Waals surface area contributed by atoms with Crippen LogP contribution in [0.15, 0.2) is 48.5 Å². The van der Waals surface area contributed by atoms with Gasteiger partial charge in [0, 0.05) is 41.9 Å². The van der Waals surface area contributed by atoms with Gasteiger partial charge in [-0.05, 0) is 37.3 Å². The van der Waals surface area contributed by atoms with Gasteiger partial charge in [0.05, 0.1) is 12.1 Å². The summed E-state index contributed by atoms with van der Waals surface area (Å²) in [5.41, 5.74) is 3.88. The fourth-order valence-corrected chi connectivity index (χ4v) is 2.88. The topological polar surface area (TPSA) is 65.2 Å². The summed E-state index contributed by atoms with van der Waals surface area (Å²) in [4.78, 5) is 29.9. The molecule has 0 saturated carbocycles. The summed E-state index contributed by atoms with van der Waals surface area (Å²) in [5.74, 6) is 4.65. The van der Waals surface area contributed by atoms with Gasteiger partial charge in [-0.2, -0.15) is 0 Å². The van der Waals surface area contributed by atoms with E-state index in [4.69, 9.17) is 0 Å². The summed E-state index contributed by atoms with van der Waals surface area (Å²) in [6, 6.07) is 15.2. The second-order valence-corrected chi connectivity index (χ2v) is 6.43. The number of anilines is 1. The Morgan fingerprint density at radius 3 is 2.48 bits per heavy atom. The maximum atomic E-state index is 12.5. The lowest BCUT2D eigenvalue weighted by Crippen LogP contribution is -2.31. The maximum absolute atomic E-state index is 12.5. The summed E-state index contributed by atoms with van der Waals surface area (Å²) >= 11 is 0. The molecule has 5 nitrogen and oxygen atoms in total. The number of carbonyl (C=O) groups is 2. The van der Waals surface area contributed by atoms with Gasteiger partial charge in [0.2, 0.25) is 0 Å². The molecule has 0 aliphatic rings. The lowest BCUT2D eigenvalue weighted by atomic mass is 10.1. The van der Waals surface area contributed by atoms with Crippen molar-refractivity contribution in [3.63, 3.8) is 0 Å². The smallest absolute Gasteiger partial charge is 0.293 e. The summed E-state index contributed by atoms with van der Waals surface area (Å²) in [5, 5.41) is 3.33. The third-order valence-electron chi connectivity index (χ3n) is 4.28. The first-order chi connectivity index (χ1) is 13.0. The van der Waals surface area contributed by atoms with Crippen LogP contribution in [0.1, 0.15) is 21.6 Å². The zero-order valence-corrected chi connectivity index (χ0v) is 15.6. The van der Waals surface area contributed by atoms with Crippen LogP contribution in [-0.4, -0.2) is 37.3 Å². The molecule has 0 aliphatic heterocycles. The van der Waals surface area contributed by atoms with Crippen molar-refractivity contribution in [2.45, 2.75) is 6.92 Å². The number of para-hydroxylation sites is 1. The molecule has 0 aliphatic carbocycles. The molecular weight excluding hydrogens is 338 g/mol. The number of benzene rings is 2. The van der Waals surface area contributed by atoms with Crippen LogP contribution >= 0.6 is 0 Å². The monoisotopic (exact) mass is 359 g/mol. The number of rotatable bonds is 4. The standard InChI is InChI=1S/C22H21N3O2/c1-15-20(18-8-4-5-9-19(18)24-15)21(26)22(27)23-14-6-7-16-10-12-17(13-11-16)25(2)3/h4-5,8-13,24H,14H2,1-3H3,(H,23,27). The van der Waals surface area contributed by atoms with Crippen LogP contribution in [0.25, 0.3) is 10.9 Å². The van der Waals surface area contributed by atoms with Crippen LogP contribution in [-0.2, 0) is 4.79 Å². The van der Waals surface area contributed by atoms with Crippen LogP contribution in [0.2, 0.25) is 0 Å². The molecule has 3 rings (SSSR count). The molecule has 3 aromatic rings. The molecule has 1 heterocycles. The number of Topliss-reactive ketones (excluding diaryl/α,β-unsaturated/α-hetero) is 1. The predicted molar refractivity (Wildman–Crippen MR) is 108 cm³/mol. The lowest BCUT2D eigenvalue weighted by molar-refractivity contribution is -0.116. The molecule has 27 heavy (non-hydrogen) atoms. The molecule has 2 N–H and O–H groups in total. The van der Waals surface area contributed by atoms with Crippen LogP contribution in [0, 0.1) is 18.8 Å². The van der Waals surface area contributed by atoms with E-state index in [-0.39, 0.29) is 6.54 Å². The largest absolute Gasteiger partial charge is 0.378 e. The molecular formula is C22H21N3O2. The number of hydrogen-bond acceptors (Lipinski definition) is 3. The average molecular weight is 359 g/mol. The van der Waals surface area contributed by atoms with E-state index in [9.17, 15) is 9.59 Å². The van der Waals surface area contributed by atoms with Crippen molar-refractivity contribution < 1.29 is 9.59 Å². The Kier molecular flexibility index (Phi) is 5.28. The van der Waals surface area contributed by atoms with Gasteiger partial charge in [0.25, 0.3) is 11.7 Å². The van der Waals surface area contributed by atoms with Crippen LogP contribution < -0.4 is 10.2 Å². The maximum Gasteiger partial charge on any atom is 0.293 e. The average Bonchev–Trinajstić information content (AvgIpc) is 3.00. The Bertz CT molecular complexity index is 1050. The number of hydrogen-bond donors (Lipinski definition) is 2. The lowest BCUT2D eigenvalue weighted by Gasteiger charge is -2.11. The zero-order valence-electron chi connectivity index (χ0n) is 15.6. The van der Waals surface area contributed by atoms with Crippen LogP contribution in [0.4, 0.5) is 5.69 Å². The summed E-state index contributed by atoms with van der Waals surface area (Å²) in [6.45, 7) is 1.90. The molecule has 0 fully saturated rings. The molecule has 1 amide bonds. The molecule has 0 radical (unpaired) electrons. The fraction of sp³-hybridized carbons (Fsp3) is 0.182. The normalized spacial score (nSPS) is 10.2. The van der Waals surface area contributed by atoms with Crippen molar-refractivity contribution in [2.24, 2.45) is 0 Å². The number of aryl methyl sites for hydroxylation is 1. The van der Waals surface area contributed by atoms with Gasteiger partial charge >= 0.3 is 0 Å². The van der Waals surface area contributed by atoms with E-state index >= 15 is 0 Å². The summed E-state index contributed by atoms with van der Waals surface area (Å²) in [7, 11) is 3.95. The second-order valence-electron chi connectivity index (χ2n) is 6.43. The number of H-pyrrole nitrogens is 1. The fourth-order valence-electron chi connectivity index (χ4n) is 2.88. The van der Waals surface area contributed by atoms with Crippen molar-refractivity contribution in [3.05, 3.63) is 65.4 Å².